The van der Waals surface area contributed by atoms with E-state index in [0.29, 0.717) is 11.3 Å². The van der Waals surface area contributed by atoms with Gasteiger partial charge in [0.05, 0.1) is 6.10 Å². The van der Waals surface area contributed by atoms with Crippen molar-refractivity contribution in [1.82, 2.24) is 0 Å². The van der Waals surface area contributed by atoms with E-state index in [1.54, 1.807) is 0 Å². The van der Waals surface area contributed by atoms with Crippen LogP contribution in [0, 0.1) is 35.0 Å². The Morgan fingerprint density at radius 3 is 2.69 bits per heavy atom. The fourth-order valence-corrected chi connectivity index (χ4v) is 5.42. The van der Waals surface area contributed by atoms with Crippen molar-refractivity contribution in [3.8, 4) is 0 Å². The fourth-order valence-electron chi connectivity index (χ4n) is 5.42. The summed E-state index contributed by atoms with van der Waals surface area (Å²) < 4.78 is 0. The second-order valence-electron chi connectivity index (χ2n) is 6.96. The fraction of sp³-hybridized carbons (Fsp3) is 0.867. The van der Waals surface area contributed by atoms with Crippen LogP contribution in [0.15, 0.2) is 12.2 Å². The van der Waals surface area contributed by atoms with Gasteiger partial charge in [0.15, 0.2) is 0 Å². The van der Waals surface area contributed by atoms with Crippen molar-refractivity contribution in [2.24, 2.45) is 35.0 Å². The molecule has 0 spiro atoms. The zero-order chi connectivity index (χ0) is 11.7. The van der Waals surface area contributed by atoms with E-state index in [2.05, 4.69) is 27.4 Å². The van der Waals surface area contributed by atoms with Crippen LogP contribution >= 0.6 is 0 Å². The van der Waals surface area contributed by atoms with Gasteiger partial charge in [-0.3, -0.25) is 0 Å². The largest absolute Gasteiger partial charge is 0.392 e. The van der Waals surface area contributed by atoms with E-state index in [0.717, 1.165) is 30.1 Å². The third-order valence-corrected chi connectivity index (χ3v) is 5.96. The van der Waals surface area contributed by atoms with Crippen molar-refractivity contribution in [2.45, 2.75) is 46.1 Å². The van der Waals surface area contributed by atoms with E-state index >= 15 is 0 Å². The Labute approximate surface area is 98.9 Å². The minimum Gasteiger partial charge on any atom is -0.392 e. The number of hydrogen-bond donors (Lipinski definition) is 1. The Morgan fingerprint density at radius 2 is 2.12 bits per heavy atom. The van der Waals surface area contributed by atoms with Crippen molar-refractivity contribution < 1.29 is 5.11 Å². The molecule has 0 radical (unpaired) electrons. The first-order chi connectivity index (χ1) is 7.47. The van der Waals surface area contributed by atoms with Crippen LogP contribution < -0.4 is 0 Å². The normalized spacial score (nSPS) is 55.1. The number of fused-ring (bicyclic) bond motifs is 2. The molecule has 0 saturated heterocycles. The molecule has 4 fully saturated rings. The molecular weight excluding hydrogens is 196 g/mol. The summed E-state index contributed by atoms with van der Waals surface area (Å²) in [5.41, 5.74) is 1.73. The summed E-state index contributed by atoms with van der Waals surface area (Å²) in [7, 11) is 0. The molecule has 4 aliphatic carbocycles. The van der Waals surface area contributed by atoms with Crippen LogP contribution in [0.25, 0.3) is 0 Å². The van der Waals surface area contributed by atoms with Crippen molar-refractivity contribution in [3.05, 3.63) is 12.2 Å². The average molecular weight is 220 g/mol. The van der Waals surface area contributed by atoms with Gasteiger partial charge in [0.1, 0.15) is 0 Å². The van der Waals surface area contributed by atoms with E-state index < -0.39 is 0 Å². The second kappa shape index (κ2) is 3.13. The molecule has 1 heteroatoms. The summed E-state index contributed by atoms with van der Waals surface area (Å²) in [4.78, 5) is 0. The molecule has 4 saturated carbocycles. The summed E-state index contributed by atoms with van der Waals surface area (Å²) in [5.74, 6) is 3.63. The Balaban J connectivity index is 1.96. The summed E-state index contributed by atoms with van der Waals surface area (Å²) in [6, 6.07) is 0. The lowest BCUT2D eigenvalue weighted by molar-refractivity contribution is -0.234. The molecule has 0 heterocycles. The molecular formula is C15H24O. The topological polar surface area (TPSA) is 20.2 Å². The summed E-state index contributed by atoms with van der Waals surface area (Å²) in [6.45, 7) is 11.3. The maximum Gasteiger partial charge on any atom is 0.0613 e. The molecule has 0 aromatic heterocycles. The van der Waals surface area contributed by atoms with Gasteiger partial charge in [0.25, 0.3) is 0 Å². The second-order valence-corrected chi connectivity index (χ2v) is 6.96. The van der Waals surface area contributed by atoms with E-state index in [4.69, 9.17) is 0 Å². The van der Waals surface area contributed by atoms with Crippen LogP contribution in [0.2, 0.25) is 0 Å². The number of hydrogen-bond acceptors (Lipinski definition) is 1. The molecule has 4 bridgehead atoms. The van der Waals surface area contributed by atoms with E-state index in [1.165, 1.54) is 18.4 Å². The van der Waals surface area contributed by atoms with Crippen molar-refractivity contribution in [3.63, 3.8) is 0 Å². The highest BCUT2D eigenvalue weighted by Gasteiger charge is 2.68. The van der Waals surface area contributed by atoms with Gasteiger partial charge in [-0.1, -0.05) is 32.9 Å². The van der Waals surface area contributed by atoms with Gasteiger partial charge in [-0.15, -0.1) is 0 Å². The smallest absolute Gasteiger partial charge is 0.0613 e. The maximum absolute atomic E-state index is 10.3. The predicted octanol–water partition coefficient (Wildman–Crippen LogP) is 3.24. The zero-order valence-electron chi connectivity index (χ0n) is 10.7. The molecule has 1 N–H and O–H groups in total. The van der Waals surface area contributed by atoms with E-state index in [-0.39, 0.29) is 6.10 Å². The number of aliphatic hydroxyl groups is 1. The zero-order valence-corrected chi connectivity index (χ0v) is 10.7. The van der Waals surface area contributed by atoms with Crippen LogP contribution in [0.3, 0.4) is 0 Å². The first-order valence-electron chi connectivity index (χ1n) is 6.82. The SMILES string of the molecule is C=C1C[C@H](O)[C@@H]2[C@@H]3[C@H](C(C)C)CC[C@@]2(C)[C@@H]13. The molecule has 90 valence electrons. The Kier molecular flexibility index (Phi) is 2.12. The minimum absolute atomic E-state index is 0.103. The summed E-state index contributed by atoms with van der Waals surface area (Å²) in [5, 5.41) is 10.3. The van der Waals surface area contributed by atoms with Crippen LogP contribution in [0.5, 0.6) is 0 Å². The highest BCUT2D eigenvalue weighted by molar-refractivity contribution is 5.28. The molecule has 4 aliphatic rings. The molecule has 0 amide bonds. The standard InChI is InChI=1S/C15H24O/c1-8(2)10-5-6-15(4)13-9(3)7-11(16)14(15)12(10)13/h8,10-14,16H,3,5-7H2,1-2,4H3/t10-,11-,12+,13-,14+,15-/m0/s1. The molecule has 1 nitrogen and oxygen atoms in total. The molecule has 0 aromatic rings. The van der Waals surface area contributed by atoms with Gasteiger partial charge >= 0.3 is 0 Å². The Hall–Kier alpha value is -0.300. The average Bonchev–Trinajstić information content (AvgIpc) is 2.15. The van der Waals surface area contributed by atoms with Crippen LogP contribution in [-0.4, -0.2) is 11.2 Å². The molecule has 16 heavy (non-hydrogen) atoms. The maximum atomic E-state index is 10.3. The van der Waals surface area contributed by atoms with Gasteiger partial charge in [0, 0.05) is 0 Å². The molecule has 0 unspecified atom stereocenters. The summed E-state index contributed by atoms with van der Waals surface area (Å²) in [6.07, 6.45) is 3.43. The lowest BCUT2D eigenvalue weighted by atomic mass is 9.33. The summed E-state index contributed by atoms with van der Waals surface area (Å²) >= 11 is 0. The lowest BCUT2D eigenvalue weighted by Gasteiger charge is -2.72. The number of rotatable bonds is 1. The Bertz CT molecular complexity index is 332. The third-order valence-electron chi connectivity index (χ3n) is 5.96. The first-order valence-corrected chi connectivity index (χ1v) is 6.82. The number of aliphatic hydroxyl groups excluding tert-OH is 1. The molecule has 4 rings (SSSR count). The van der Waals surface area contributed by atoms with Crippen LogP contribution in [0.1, 0.15) is 40.0 Å². The molecule has 6 atom stereocenters. The van der Waals surface area contributed by atoms with Crippen LogP contribution in [0.4, 0.5) is 0 Å². The van der Waals surface area contributed by atoms with Gasteiger partial charge < -0.3 is 5.11 Å². The van der Waals surface area contributed by atoms with Gasteiger partial charge in [-0.25, -0.2) is 0 Å². The van der Waals surface area contributed by atoms with Crippen molar-refractivity contribution in [1.29, 1.82) is 0 Å². The van der Waals surface area contributed by atoms with E-state index in [9.17, 15) is 5.11 Å². The van der Waals surface area contributed by atoms with Gasteiger partial charge in [0.2, 0.25) is 0 Å². The quantitative estimate of drug-likeness (QED) is 0.673. The third kappa shape index (κ3) is 1.06. The van der Waals surface area contributed by atoms with Gasteiger partial charge in [-0.2, -0.15) is 0 Å². The molecule has 0 aromatic carbocycles. The minimum atomic E-state index is -0.103. The first kappa shape index (κ1) is 10.8. The predicted molar refractivity (Wildman–Crippen MR) is 65.9 cm³/mol. The van der Waals surface area contributed by atoms with E-state index in [1.807, 2.05) is 0 Å². The van der Waals surface area contributed by atoms with Gasteiger partial charge in [-0.05, 0) is 54.3 Å². The highest BCUT2D eigenvalue weighted by Crippen LogP contribution is 2.72. The highest BCUT2D eigenvalue weighted by atomic mass is 16.3. The molecule has 0 aliphatic heterocycles. The Morgan fingerprint density at radius 1 is 1.44 bits per heavy atom. The van der Waals surface area contributed by atoms with Crippen molar-refractivity contribution >= 4 is 0 Å². The van der Waals surface area contributed by atoms with Crippen LogP contribution in [-0.2, 0) is 0 Å². The monoisotopic (exact) mass is 220 g/mol. The van der Waals surface area contributed by atoms with Crippen molar-refractivity contribution in [2.75, 3.05) is 0 Å². The lowest BCUT2D eigenvalue weighted by Crippen LogP contribution is -2.68.